The van der Waals surface area contributed by atoms with Crippen molar-refractivity contribution in [2.75, 3.05) is 29.9 Å². The summed E-state index contributed by atoms with van der Waals surface area (Å²) in [6, 6.07) is 16.8. The third kappa shape index (κ3) is 5.64. The van der Waals surface area contributed by atoms with Crippen molar-refractivity contribution in [3.8, 4) is 0 Å². The molecule has 2 N–H and O–H groups in total. The highest BCUT2D eigenvalue weighted by Gasteiger charge is 2.10. The average molecular weight is 339 g/mol. The Morgan fingerprint density at radius 2 is 1.64 bits per heavy atom. The molecule has 5 heteroatoms. The highest BCUT2D eigenvalue weighted by Crippen LogP contribution is 2.14. The molecule has 0 bridgehead atoms. The summed E-state index contributed by atoms with van der Waals surface area (Å²) < 4.78 is 0. The molecule has 25 heavy (non-hydrogen) atoms. The topological polar surface area (TPSA) is 61.4 Å². The molecule has 2 aromatic carbocycles. The van der Waals surface area contributed by atoms with Crippen LogP contribution in [0.3, 0.4) is 0 Å². The van der Waals surface area contributed by atoms with Gasteiger partial charge in [0.25, 0.3) is 5.91 Å². The molecule has 0 saturated heterocycles. The van der Waals surface area contributed by atoms with Crippen molar-refractivity contribution in [3.05, 3.63) is 60.2 Å². The minimum absolute atomic E-state index is 0.0890. The first-order chi connectivity index (χ1) is 12.1. The molecule has 0 aliphatic rings. The Morgan fingerprint density at radius 1 is 0.960 bits per heavy atom. The van der Waals surface area contributed by atoms with Gasteiger partial charge in [-0.15, -0.1) is 0 Å². The van der Waals surface area contributed by atoms with Crippen molar-refractivity contribution in [1.29, 1.82) is 0 Å². The van der Waals surface area contributed by atoms with Crippen molar-refractivity contribution < 1.29 is 9.59 Å². The molecule has 0 aliphatic carbocycles. The quantitative estimate of drug-likeness (QED) is 0.776. The number of hydrogen-bond acceptors (Lipinski definition) is 3. The van der Waals surface area contributed by atoms with Gasteiger partial charge in [0.05, 0.1) is 6.54 Å². The SMILES string of the molecule is CCCNC(=O)c1ccc(NC(=O)CN(CC)c2ccccc2)cc1. The molecule has 5 nitrogen and oxygen atoms in total. The molecule has 0 unspecified atom stereocenters. The number of likely N-dealkylation sites (N-methyl/N-ethyl adjacent to an activating group) is 1. The maximum Gasteiger partial charge on any atom is 0.251 e. The molecule has 2 amide bonds. The second-order valence-corrected chi connectivity index (χ2v) is 5.73. The molecule has 0 heterocycles. The number of nitrogens with zero attached hydrogens (tertiary/aromatic N) is 1. The smallest absolute Gasteiger partial charge is 0.251 e. The largest absolute Gasteiger partial charge is 0.362 e. The molecular weight excluding hydrogens is 314 g/mol. The Bertz CT molecular complexity index is 684. The number of nitrogens with one attached hydrogen (secondary N) is 2. The molecule has 0 aliphatic heterocycles. The summed E-state index contributed by atoms with van der Waals surface area (Å²) in [6.45, 7) is 5.70. The van der Waals surface area contributed by atoms with E-state index >= 15 is 0 Å². The number of anilines is 2. The van der Waals surface area contributed by atoms with Crippen LogP contribution in [0, 0.1) is 0 Å². The second-order valence-electron chi connectivity index (χ2n) is 5.73. The van der Waals surface area contributed by atoms with Crippen LogP contribution in [0.4, 0.5) is 11.4 Å². The Labute approximate surface area is 149 Å². The molecule has 0 aromatic heterocycles. The Morgan fingerprint density at radius 3 is 2.24 bits per heavy atom. The molecule has 0 saturated carbocycles. The number of para-hydroxylation sites is 1. The lowest BCUT2D eigenvalue weighted by Gasteiger charge is -2.22. The number of rotatable bonds is 8. The summed E-state index contributed by atoms with van der Waals surface area (Å²) in [5.41, 5.74) is 2.29. The van der Waals surface area contributed by atoms with Gasteiger partial charge in [-0.2, -0.15) is 0 Å². The number of carbonyl (C=O) groups excluding carboxylic acids is 2. The van der Waals surface area contributed by atoms with Crippen LogP contribution in [-0.4, -0.2) is 31.4 Å². The van der Waals surface area contributed by atoms with E-state index in [1.807, 2.05) is 49.1 Å². The minimum atomic E-state index is -0.0963. The first-order valence-corrected chi connectivity index (χ1v) is 8.62. The first-order valence-electron chi connectivity index (χ1n) is 8.62. The van der Waals surface area contributed by atoms with Crippen LogP contribution >= 0.6 is 0 Å². The monoisotopic (exact) mass is 339 g/mol. The standard InChI is InChI=1S/C20H25N3O2/c1-3-14-21-20(25)16-10-12-17(13-11-16)22-19(24)15-23(4-2)18-8-6-5-7-9-18/h5-13H,3-4,14-15H2,1-2H3,(H,21,25)(H,22,24). The summed E-state index contributed by atoms with van der Waals surface area (Å²) in [5, 5.41) is 5.70. The van der Waals surface area contributed by atoms with Gasteiger partial charge in [-0.05, 0) is 49.7 Å². The average Bonchev–Trinajstić information content (AvgIpc) is 2.65. The van der Waals surface area contributed by atoms with Crippen molar-refractivity contribution in [2.45, 2.75) is 20.3 Å². The Kier molecular flexibility index (Phi) is 7.01. The lowest BCUT2D eigenvalue weighted by Crippen LogP contribution is -2.33. The fourth-order valence-corrected chi connectivity index (χ4v) is 2.44. The predicted octanol–water partition coefficient (Wildman–Crippen LogP) is 3.29. The maximum absolute atomic E-state index is 12.3. The van der Waals surface area contributed by atoms with E-state index in [9.17, 15) is 9.59 Å². The van der Waals surface area contributed by atoms with Crippen LogP contribution in [0.1, 0.15) is 30.6 Å². The van der Waals surface area contributed by atoms with E-state index in [2.05, 4.69) is 10.6 Å². The van der Waals surface area contributed by atoms with Gasteiger partial charge in [0, 0.05) is 30.0 Å². The van der Waals surface area contributed by atoms with E-state index in [0.29, 0.717) is 17.8 Å². The van der Waals surface area contributed by atoms with Gasteiger partial charge in [-0.3, -0.25) is 9.59 Å². The van der Waals surface area contributed by atoms with E-state index < -0.39 is 0 Å². The number of hydrogen-bond donors (Lipinski definition) is 2. The van der Waals surface area contributed by atoms with E-state index in [4.69, 9.17) is 0 Å². The lowest BCUT2D eigenvalue weighted by molar-refractivity contribution is -0.115. The first kappa shape index (κ1) is 18.5. The summed E-state index contributed by atoms with van der Waals surface area (Å²) in [5.74, 6) is -0.185. The minimum Gasteiger partial charge on any atom is -0.362 e. The van der Waals surface area contributed by atoms with Gasteiger partial charge in [0.1, 0.15) is 0 Å². The third-order valence-corrected chi connectivity index (χ3v) is 3.80. The molecule has 2 rings (SSSR count). The lowest BCUT2D eigenvalue weighted by atomic mass is 10.2. The number of amides is 2. The van der Waals surface area contributed by atoms with Crippen LogP contribution in [0.2, 0.25) is 0 Å². The maximum atomic E-state index is 12.3. The Balaban J connectivity index is 1.92. The summed E-state index contributed by atoms with van der Waals surface area (Å²) in [6.07, 6.45) is 0.898. The summed E-state index contributed by atoms with van der Waals surface area (Å²) in [7, 11) is 0. The van der Waals surface area contributed by atoms with E-state index in [0.717, 1.165) is 18.7 Å². The second kappa shape index (κ2) is 9.47. The van der Waals surface area contributed by atoms with Crippen molar-refractivity contribution in [1.82, 2.24) is 5.32 Å². The zero-order valence-electron chi connectivity index (χ0n) is 14.8. The number of carbonyl (C=O) groups is 2. The zero-order chi connectivity index (χ0) is 18.1. The molecule has 0 atom stereocenters. The molecule has 0 spiro atoms. The van der Waals surface area contributed by atoms with Crippen LogP contribution < -0.4 is 15.5 Å². The van der Waals surface area contributed by atoms with E-state index in [1.54, 1.807) is 24.3 Å². The van der Waals surface area contributed by atoms with Gasteiger partial charge >= 0.3 is 0 Å². The van der Waals surface area contributed by atoms with Crippen LogP contribution in [0.5, 0.6) is 0 Å². The highest BCUT2D eigenvalue weighted by atomic mass is 16.2. The zero-order valence-corrected chi connectivity index (χ0v) is 14.8. The van der Waals surface area contributed by atoms with Crippen molar-refractivity contribution >= 4 is 23.2 Å². The van der Waals surface area contributed by atoms with Crippen molar-refractivity contribution in [3.63, 3.8) is 0 Å². The van der Waals surface area contributed by atoms with E-state index in [1.165, 1.54) is 0 Å². The normalized spacial score (nSPS) is 10.2. The van der Waals surface area contributed by atoms with Gasteiger partial charge in [0.2, 0.25) is 5.91 Å². The fourth-order valence-electron chi connectivity index (χ4n) is 2.44. The molecule has 2 aromatic rings. The fraction of sp³-hybridized carbons (Fsp3) is 0.300. The predicted molar refractivity (Wildman–Crippen MR) is 102 cm³/mol. The van der Waals surface area contributed by atoms with E-state index in [-0.39, 0.29) is 18.4 Å². The highest BCUT2D eigenvalue weighted by molar-refractivity contribution is 5.96. The van der Waals surface area contributed by atoms with Gasteiger partial charge in [-0.25, -0.2) is 0 Å². The Hall–Kier alpha value is -2.82. The number of benzene rings is 2. The van der Waals surface area contributed by atoms with Gasteiger partial charge in [-0.1, -0.05) is 25.1 Å². The molecule has 0 fully saturated rings. The van der Waals surface area contributed by atoms with Crippen molar-refractivity contribution in [2.24, 2.45) is 0 Å². The van der Waals surface area contributed by atoms with Gasteiger partial charge < -0.3 is 15.5 Å². The van der Waals surface area contributed by atoms with Crippen LogP contribution in [0.25, 0.3) is 0 Å². The third-order valence-electron chi connectivity index (χ3n) is 3.80. The van der Waals surface area contributed by atoms with Crippen LogP contribution in [-0.2, 0) is 4.79 Å². The molecule has 0 radical (unpaired) electrons. The summed E-state index contributed by atoms with van der Waals surface area (Å²) >= 11 is 0. The van der Waals surface area contributed by atoms with Crippen LogP contribution in [0.15, 0.2) is 54.6 Å². The summed E-state index contributed by atoms with van der Waals surface area (Å²) in [4.78, 5) is 26.2. The molecule has 132 valence electrons. The van der Waals surface area contributed by atoms with Gasteiger partial charge in [0.15, 0.2) is 0 Å². The molecular formula is C20H25N3O2.